The topological polar surface area (TPSA) is 64.0 Å². The molecule has 2 aromatic rings. The molecule has 138 valence electrons. The second kappa shape index (κ2) is 7.15. The summed E-state index contributed by atoms with van der Waals surface area (Å²) in [4.78, 5) is 25.3. The van der Waals surface area contributed by atoms with Crippen molar-refractivity contribution in [2.75, 3.05) is 0 Å². The molecule has 3 atom stereocenters. The highest BCUT2D eigenvalue weighted by atomic mass is 31.0. The first kappa shape index (κ1) is 19.1. The Balaban J connectivity index is 1.88. The van der Waals surface area contributed by atoms with Crippen molar-refractivity contribution in [3.05, 3.63) is 34.2 Å². The third kappa shape index (κ3) is 4.01. The first-order valence-electron chi connectivity index (χ1n) is 9.26. The predicted octanol–water partition coefficient (Wildman–Crippen LogP) is 1.08. The van der Waals surface area contributed by atoms with Gasteiger partial charge in [-0.15, -0.1) is 9.24 Å². The SMILES string of the molecule is Bc1ccc2c(=O)n(CC(=O)NC3CCC(C)(P)C3)nc(C(C)C)c2c1. The number of carbonyl (C=O) groups is 1. The average Bonchev–Trinajstić information content (AvgIpc) is 2.88. The molecule has 0 bridgehead atoms. The zero-order valence-corrected chi connectivity index (χ0v) is 17.2. The molecule has 1 saturated carbocycles. The van der Waals surface area contributed by atoms with Crippen molar-refractivity contribution >= 4 is 39.2 Å². The summed E-state index contributed by atoms with van der Waals surface area (Å²) in [6, 6.07) is 5.94. The maximum absolute atomic E-state index is 12.8. The fourth-order valence-electron chi connectivity index (χ4n) is 3.76. The van der Waals surface area contributed by atoms with Gasteiger partial charge in [0, 0.05) is 11.4 Å². The largest absolute Gasteiger partial charge is 0.352 e. The van der Waals surface area contributed by atoms with Crippen molar-refractivity contribution in [1.29, 1.82) is 0 Å². The molecule has 3 unspecified atom stereocenters. The highest BCUT2D eigenvalue weighted by molar-refractivity contribution is 7.18. The van der Waals surface area contributed by atoms with Crippen LogP contribution in [0, 0.1) is 0 Å². The molecule has 7 heteroatoms. The van der Waals surface area contributed by atoms with Crippen molar-refractivity contribution in [1.82, 2.24) is 15.1 Å². The van der Waals surface area contributed by atoms with Crippen molar-refractivity contribution in [2.45, 2.75) is 63.7 Å². The molecule has 26 heavy (non-hydrogen) atoms. The van der Waals surface area contributed by atoms with E-state index in [2.05, 4.69) is 40.4 Å². The number of hydrogen-bond acceptors (Lipinski definition) is 3. The number of nitrogens with one attached hydrogen (secondary N) is 1. The van der Waals surface area contributed by atoms with Crippen LogP contribution in [-0.4, -0.2) is 34.7 Å². The summed E-state index contributed by atoms with van der Waals surface area (Å²) in [5.74, 6) is 0.0235. The van der Waals surface area contributed by atoms with Gasteiger partial charge in [0.25, 0.3) is 5.56 Å². The lowest BCUT2D eigenvalue weighted by molar-refractivity contribution is -0.122. The molecule has 1 N–H and O–H groups in total. The molecule has 0 aliphatic heterocycles. The molecular formula is C19H27BN3O2P. The number of benzene rings is 1. The standard InChI is InChI=1S/C19H27BN3O2P/c1-11(2)17-15-8-12(20)4-5-14(15)18(25)23(22-17)10-16(24)21-13-6-7-19(3,26)9-13/h4-5,8,11,13H,6-7,9-10,20,26H2,1-3H3,(H,21,24). The summed E-state index contributed by atoms with van der Waals surface area (Å²) in [6.07, 6.45) is 3.00. The molecule has 0 spiro atoms. The minimum Gasteiger partial charge on any atom is -0.352 e. The lowest BCUT2D eigenvalue weighted by atomic mass is 9.92. The third-order valence-corrected chi connectivity index (χ3v) is 5.65. The van der Waals surface area contributed by atoms with Crippen LogP contribution in [0.2, 0.25) is 0 Å². The highest BCUT2D eigenvalue weighted by Gasteiger charge is 2.32. The van der Waals surface area contributed by atoms with Gasteiger partial charge in [0.05, 0.1) is 11.1 Å². The van der Waals surface area contributed by atoms with Crippen LogP contribution in [0.4, 0.5) is 0 Å². The van der Waals surface area contributed by atoms with Gasteiger partial charge in [-0.1, -0.05) is 38.4 Å². The Hall–Kier alpha value is -1.68. The van der Waals surface area contributed by atoms with E-state index in [4.69, 9.17) is 0 Å². The average molecular weight is 371 g/mol. The second-order valence-electron chi connectivity index (χ2n) is 8.21. The number of nitrogens with zero attached hydrogens (tertiary/aromatic N) is 2. The van der Waals surface area contributed by atoms with E-state index in [1.54, 1.807) is 0 Å². The summed E-state index contributed by atoms with van der Waals surface area (Å²) in [5.41, 5.74) is 1.74. The molecule has 0 radical (unpaired) electrons. The number of fused-ring (bicyclic) bond motifs is 1. The third-order valence-electron chi connectivity index (χ3n) is 5.13. The summed E-state index contributed by atoms with van der Waals surface area (Å²) < 4.78 is 1.32. The lowest BCUT2D eigenvalue weighted by Crippen LogP contribution is -2.39. The Kier molecular flexibility index (Phi) is 5.25. The maximum Gasteiger partial charge on any atom is 0.275 e. The molecule has 3 rings (SSSR count). The van der Waals surface area contributed by atoms with Crippen LogP contribution >= 0.6 is 9.24 Å². The van der Waals surface area contributed by atoms with E-state index in [0.717, 1.165) is 35.8 Å². The zero-order valence-electron chi connectivity index (χ0n) is 16.0. The quantitative estimate of drug-likeness (QED) is 0.646. The van der Waals surface area contributed by atoms with Gasteiger partial charge in [0.15, 0.2) is 0 Å². The number of hydrogen-bond donors (Lipinski definition) is 1. The highest BCUT2D eigenvalue weighted by Crippen LogP contribution is 2.37. The molecule has 1 aromatic carbocycles. The fourth-order valence-corrected chi connectivity index (χ4v) is 4.21. The molecule has 1 aliphatic rings. The van der Waals surface area contributed by atoms with Crippen molar-refractivity contribution < 1.29 is 4.79 Å². The van der Waals surface area contributed by atoms with Crippen LogP contribution in [0.25, 0.3) is 10.8 Å². The van der Waals surface area contributed by atoms with Crippen LogP contribution in [0.3, 0.4) is 0 Å². The summed E-state index contributed by atoms with van der Waals surface area (Å²) >= 11 is 0. The molecule has 1 amide bonds. The number of carbonyl (C=O) groups excluding carboxylic acids is 1. The molecule has 1 fully saturated rings. The summed E-state index contributed by atoms with van der Waals surface area (Å²) in [6.45, 7) is 6.26. The van der Waals surface area contributed by atoms with Crippen LogP contribution < -0.4 is 16.3 Å². The van der Waals surface area contributed by atoms with E-state index in [1.165, 1.54) is 4.68 Å². The van der Waals surface area contributed by atoms with Crippen molar-refractivity contribution in [3.8, 4) is 0 Å². The van der Waals surface area contributed by atoms with E-state index in [1.807, 2.05) is 26.0 Å². The zero-order chi connectivity index (χ0) is 19.1. The van der Waals surface area contributed by atoms with Crippen LogP contribution in [0.1, 0.15) is 51.6 Å². The Morgan fingerprint density at radius 3 is 2.81 bits per heavy atom. The van der Waals surface area contributed by atoms with Gasteiger partial charge < -0.3 is 5.32 Å². The number of rotatable bonds is 4. The van der Waals surface area contributed by atoms with E-state index < -0.39 is 0 Å². The van der Waals surface area contributed by atoms with Crippen LogP contribution in [0.5, 0.6) is 0 Å². The van der Waals surface area contributed by atoms with Crippen LogP contribution in [0.15, 0.2) is 23.0 Å². The smallest absolute Gasteiger partial charge is 0.275 e. The van der Waals surface area contributed by atoms with E-state index in [-0.39, 0.29) is 35.1 Å². The van der Waals surface area contributed by atoms with Gasteiger partial charge in [-0.2, -0.15) is 5.10 Å². The van der Waals surface area contributed by atoms with Gasteiger partial charge in [-0.05, 0) is 36.4 Å². The van der Waals surface area contributed by atoms with E-state index in [0.29, 0.717) is 5.39 Å². The minimum atomic E-state index is -0.207. The molecule has 1 aliphatic carbocycles. The Bertz CT molecular complexity index is 908. The number of amides is 1. The summed E-state index contributed by atoms with van der Waals surface area (Å²) in [5, 5.41) is 9.29. The monoisotopic (exact) mass is 371 g/mol. The Labute approximate surface area is 157 Å². The van der Waals surface area contributed by atoms with Crippen molar-refractivity contribution in [2.24, 2.45) is 0 Å². The molecule has 1 aromatic heterocycles. The second-order valence-corrected chi connectivity index (χ2v) is 9.61. The Morgan fingerprint density at radius 2 is 2.19 bits per heavy atom. The normalized spacial score (nSPS) is 22.9. The molecular weight excluding hydrogens is 344 g/mol. The fraction of sp³-hybridized carbons (Fsp3) is 0.526. The van der Waals surface area contributed by atoms with Gasteiger partial charge in [-0.25, -0.2) is 4.68 Å². The number of aromatic nitrogens is 2. The Morgan fingerprint density at radius 1 is 1.46 bits per heavy atom. The maximum atomic E-state index is 12.8. The van der Waals surface area contributed by atoms with E-state index >= 15 is 0 Å². The summed E-state index contributed by atoms with van der Waals surface area (Å²) in [7, 11) is 4.88. The first-order valence-corrected chi connectivity index (χ1v) is 9.83. The minimum absolute atomic E-state index is 0.0353. The van der Waals surface area contributed by atoms with Crippen LogP contribution in [-0.2, 0) is 11.3 Å². The molecule has 1 heterocycles. The molecule has 5 nitrogen and oxygen atoms in total. The lowest BCUT2D eigenvalue weighted by Gasteiger charge is -2.18. The van der Waals surface area contributed by atoms with E-state index in [9.17, 15) is 9.59 Å². The van der Waals surface area contributed by atoms with Gasteiger partial charge in [-0.3, -0.25) is 9.59 Å². The van der Waals surface area contributed by atoms with Gasteiger partial charge in [0.1, 0.15) is 14.4 Å². The van der Waals surface area contributed by atoms with Crippen molar-refractivity contribution in [3.63, 3.8) is 0 Å². The first-order chi connectivity index (χ1) is 12.2. The van der Waals surface area contributed by atoms with Gasteiger partial charge in [0.2, 0.25) is 5.91 Å². The molecule has 0 saturated heterocycles. The predicted molar refractivity (Wildman–Crippen MR) is 112 cm³/mol. The van der Waals surface area contributed by atoms with Gasteiger partial charge >= 0.3 is 0 Å².